The number of hydrogen-bond acceptors (Lipinski definition) is 8. The fourth-order valence-electron chi connectivity index (χ4n) is 4.59. The van der Waals surface area contributed by atoms with Gasteiger partial charge in [-0.15, -0.1) is 5.53 Å². The molecule has 8 nitrogen and oxygen atoms in total. The van der Waals surface area contributed by atoms with Gasteiger partial charge in [0, 0.05) is 41.8 Å². The molecular formula is C27H27BCl2F2N8. The summed E-state index contributed by atoms with van der Waals surface area (Å²) in [6.45, 7) is 6.83. The number of fused-ring (bicyclic) bond motifs is 1. The maximum Gasteiger partial charge on any atom is 0.262 e. The molecule has 1 aliphatic carbocycles. The van der Waals surface area contributed by atoms with Crippen molar-refractivity contribution in [3.05, 3.63) is 69.9 Å². The summed E-state index contributed by atoms with van der Waals surface area (Å²) in [6.07, 6.45) is 2.64. The van der Waals surface area contributed by atoms with Gasteiger partial charge >= 0.3 is 0 Å². The van der Waals surface area contributed by atoms with Crippen molar-refractivity contribution in [3.8, 4) is 6.07 Å². The Balaban J connectivity index is 1.61. The zero-order valence-electron chi connectivity index (χ0n) is 22.1. The van der Waals surface area contributed by atoms with Gasteiger partial charge in [0.05, 0.1) is 32.9 Å². The van der Waals surface area contributed by atoms with Crippen molar-refractivity contribution in [3.63, 3.8) is 0 Å². The maximum absolute atomic E-state index is 13.8. The van der Waals surface area contributed by atoms with Gasteiger partial charge in [0.15, 0.2) is 0 Å². The van der Waals surface area contributed by atoms with Crippen molar-refractivity contribution in [2.75, 3.05) is 17.2 Å². The van der Waals surface area contributed by atoms with Crippen LogP contribution in [0.3, 0.4) is 0 Å². The third-order valence-electron chi connectivity index (χ3n) is 7.01. The highest BCUT2D eigenvalue weighted by molar-refractivity contribution is 6.36. The van der Waals surface area contributed by atoms with Crippen molar-refractivity contribution < 1.29 is 8.78 Å². The summed E-state index contributed by atoms with van der Waals surface area (Å²) in [5.41, 5.74) is 5.49. The lowest BCUT2D eigenvalue weighted by molar-refractivity contribution is 0.00910. The molecule has 2 aromatic heterocycles. The molecule has 1 saturated carbocycles. The lowest BCUT2D eigenvalue weighted by Gasteiger charge is -2.34. The molecule has 13 heteroatoms. The van der Waals surface area contributed by atoms with Crippen LogP contribution in [0.1, 0.15) is 44.7 Å². The van der Waals surface area contributed by atoms with Crippen LogP contribution in [0.2, 0.25) is 10.2 Å². The molecule has 3 aromatic rings. The van der Waals surface area contributed by atoms with Crippen LogP contribution in [0.15, 0.2) is 48.6 Å². The number of pyridine rings is 2. The van der Waals surface area contributed by atoms with Gasteiger partial charge in [-0.2, -0.15) is 5.26 Å². The Hall–Kier alpha value is -3.33. The zero-order chi connectivity index (χ0) is 28.9. The Morgan fingerprint density at radius 2 is 2.00 bits per heavy atom. The van der Waals surface area contributed by atoms with Gasteiger partial charge in [0.1, 0.15) is 24.6 Å². The van der Waals surface area contributed by atoms with Crippen molar-refractivity contribution >= 4 is 53.3 Å². The van der Waals surface area contributed by atoms with E-state index in [2.05, 4.69) is 58.4 Å². The molecule has 206 valence electrons. The van der Waals surface area contributed by atoms with Crippen LogP contribution in [0.25, 0.3) is 10.9 Å². The fraction of sp³-hybridized carbons (Fsp3) is 0.370. The van der Waals surface area contributed by atoms with Crippen molar-refractivity contribution in [2.24, 2.45) is 5.41 Å². The lowest BCUT2D eigenvalue weighted by Crippen LogP contribution is -2.50. The number of aromatic nitrogens is 2. The highest BCUT2D eigenvalue weighted by Crippen LogP contribution is 2.48. The van der Waals surface area contributed by atoms with Crippen LogP contribution in [0.5, 0.6) is 0 Å². The summed E-state index contributed by atoms with van der Waals surface area (Å²) in [6, 6.07) is 9.01. The first-order valence-corrected chi connectivity index (χ1v) is 13.4. The number of hydrazine groups is 2. The molecule has 1 fully saturated rings. The molecule has 5 rings (SSSR count). The summed E-state index contributed by atoms with van der Waals surface area (Å²) >= 11 is 13.2. The minimum Gasteiger partial charge on any atom is -0.383 e. The van der Waals surface area contributed by atoms with Gasteiger partial charge in [-0.25, -0.2) is 13.8 Å². The second kappa shape index (κ2) is 10.3. The highest BCUT2D eigenvalue weighted by Gasteiger charge is 2.57. The smallest absolute Gasteiger partial charge is 0.262 e. The topological polar surface area (TPSA) is 101 Å². The van der Waals surface area contributed by atoms with E-state index in [1.807, 2.05) is 0 Å². The Morgan fingerprint density at radius 3 is 2.62 bits per heavy atom. The van der Waals surface area contributed by atoms with E-state index in [4.69, 9.17) is 31.0 Å². The van der Waals surface area contributed by atoms with E-state index in [1.165, 1.54) is 23.6 Å². The first-order valence-electron chi connectivity index (χ1n) is 12.6. The standard InChI is InChI=1S/C27H27BCl2F2N8/c1-25(2,3)14-36-21-15(11-33)12-35-22-17(21)9-16(10-19(22)29)37-27(28,18-5-4-8-34-23(18)30)20-13-40(39-38-20)26(6-7-26)24(31)32/h4-5,8-10,12-13,24,37-39H,6-7,14H2,1-3H3,(H,35,36). The van der Waals surface area contributed by atoms with Crippen LogP contribution in [0, 0.1) is 16.7 Å². The third-order valence-corrected chi connectivity index (χ3v) is 7.60. The number of nitriles is 1. The molecule has 1 atom stereocenters. The van der Waals surface area contributed by atoms with E-state index >= 15 is 0 Å². The first-order chi connectivity index (χ1) is 18.9. The second-order valence-electron chi connectivity index (χ2n) is 11.3. The minimum absolute atomic E-state index is 0.0674. The highest BCUT2D eigenvalue weighted by atomic mass is 35.5. The van der Waals surface area contributed by atoms with Gasteiger partial charge in [-0.3, -0.25) is 9.99 Å². The predicted octanol–water partition coefficient (Wildman–Crippen LogP) is 5.66. The van der Waals surface area contributed by atoms with Gasteiger partial charge in [-0.1, -0.05) is 50.0 Å². The minimum atomic E-state index is -2.56. The van der Waals surface area contributed by atoms with Crippen LogP contribution in [0.4, 0.5) is 20.2 Å². The third kappa shape index (κ3) is 5.12. The molecule has 3 heterocycles. The SMILES string of the molecule is [B]C(Nc1cc(Cl)c2ncc(C#N)c(NCC(C)(C)C)c2c1)(C1=CN(C2(C(F)F)CC2)NN1)c1cccnc1Cl. The molecule has 1 unspecified atom stereocenters. The number of nitrogens with zero attached hydrogens (tertiary/aromatic N) is 4. The molecule has 4 N–H and O–H groups in total. The summed E-state index contributed by atoms with van der Waals surface area (Å²) in [5, 5.41) is 18.9. The number of benzene rings is 1. The average molecular weight is 583 g/mol. The normalized spacial score (nSPS) is 17.7. The van der Waals surface area contributed by atoms with Crippen LogP contribution >= 0.6 is 23.2 Å². The number of halogens is 4. The Kier molecular flexibility index (Phi) is 7.23. The summed E-state index contributed by atoms with van der Waals surface area (Å²) in [5.74, 6) is 0. The van der Waals surface area contributed by atoms with Crippen molar-refractivity contribution in [2.45, 2.75) is 51.0 Å². The quantitative estimate of drug-likeness (QED) is 0.199. The molecule has 2 radical (unpaired) electrons. The largest absolute Gasteiger partial charge is 0.383 e. The average Bonchev–Trinajstić information content (AvgIpc) is 3.56. The zero-order valence-corrected chi connectivity index (χ0v) is 23.6. The molecule has 2 aliphatic rings. The van der Waals surface area contributed by atoms with Gasteiger partial charge < -0.3 is 16.1 Å². The van der Waals surface area contributed by atoms with Crippen molar-refractivity contribution in [1.82, 2.24) is 25.9 Å². The number of rotatable bonds is 8. The summed E-state index contributed by atoms with van der Waals surface area (Å²) in [7, 11) is 7.02. The molecule has 0 saturated heterocycles. The lowest BCUT2D eigenvalue weighted by atomic mass is 9.70. The molecule has 40 heavy (non-hydrogen) atoms. The van der Waals surface area contributed by atoms with E-state index in [-0.39, 0.29) is 10.6 Å². The summed E-state index contributed by atoms with van der Waals surface area (Å²) < 4.78 is 27.7. The maximum atomic E-state index is 13.8. The molecule has 0 amide bonds. The van der Waals surface area contributed by atoms with E-state index in [0.29, 0.717) is 63.5 Å². The summed E-state index contributed by atoms with van der Waals surface area (Å²) in [4.78, 5) is 8.58. The molecule has 1 aromatic carbocycles. The van der Waals surface area contributed by atoms with Crippen molar-refractivity contribution in [1.29, 1.82) is 5.26 Å². The monoisotopic (exact) mass is 582 g/mol. The van der Waals surface area contributed by atoms with E-state index < -0.39 is 17.4 Å². The second-order valence-corrected chi connectivity index (χ2v) is 12.0. The van der Waals surface area contributed by atoms with Gasteiger partial charge in [-0.05, 0) is 36.5 Å². The molecular weight excluding hydrogens is 556 g/mol. The van der Waals surface area contributed by atoms with E-state index in [1.54, 1.807) is 24.3 Å². The predicted molar refractivity (Wildman–Crippen MR) is 154 cm³/mol. The van der Waals surface area contributed by atoms with E-state index in [0.717, 1.165) is 0 Å². The van der Waals surface area contributed by atoms with Gasteiger partial charge in [0.2, 0.25) is 0 Å². The Labute approximate surface area is 242 Å². The molecule has 0 spiro atoms. The van der Waals surface area contributed by atoms with E-state index in [9.17, 15) is 14.0 Å². The van der Waals surface area contributed by atoms with Crippen LogP contribution < -0.4 is 21.6 Å². The Bertz CT molecular complexity index is 1530. The van der Waals surface area contributed by atoms with Crippen LogP contribution in [-0.2, 0) is 5.44 Å². The number of alkyl halides is 2. The molecule has 1 aliphatic heterocycles. The first kappa shape index (κ1) is 28.2. The van der Waals surface area contributed by atoms with Gasteiger partial charge in [0.25, 0.3) is 6.43 Å². The Morgan fingerprint density at radius 1 is 1.25 bits per heavy atom. The number of anilines is 2. The number of nitrogens with one attached hydrogen (secondary N) is 4. The number of hydrogen-bond donors (Lipinski definition) is 4. The fourth-order valence-corrected chi connectivity index (χ4v) is 5.13. The van der Waals surface area contributed by atoms with Crippen LogP contribution in [-0.4, -0.2) is 41.3 Å². The molecule has 0 bridgehead atoms.